The Labute approximate surface area is 135 Å². The molecule has 0 spiro atoms. The number of carbonyl (C=O) groups excluding carboxylic acids is 1. The van der Waals surface area contributed by atoms with Crippen LogP contribution in [-0.2, 0) is 14.3 Å². The van der Waals surface area contributed by atoms with Crippen LogP contribution in [0, 0.1) is 0 Å². The van der Waals surface area contributed by atoms with Crippen LogP contribution in [0.2, 0.25) is 0 Å². The lowest BCUT2D eigenvalue weighted by atomic mass is 10.2. The van der Waals surface area contributed by atoms with Crippen LogP contribution >= 0.6 is 27.7 Å². The van der Waals surface area contributed by atoms with E-state index in [4.69, 9.17) is 9.84 Å². The summed E-state index contributed by atoms with van der Waals surface area (Å²) >= 11 is 4.83. The number of halogens is 1. The Kier molecular flexibility index (Phi) is 5.66. The average Bonchev–Trinajstić information content (AvgIpc) is 2.49. The van der Waals surface area contributed by atoms with Gasteiger partial charge in [-0.15, -0.1) is 11.8 Å². The fourth-order valence-electron chi connectivity index (χ4n) is 2.02. The fraction of sp³-hybridized carbons (Fsp3) is 0.429. The van der Waals surface area contributed by atoms with Crippen molar-refractivity contribution in [3.05, 3.63) is 28.7 Å². The van der Waals surface area contributed by atoms with Gasteiger partial charge in [-0.3, -0.25) is 4.79 Å². The number of hydrogen-bond donors (Lipinski definition) is 1. The fourth-order valence-corrected chi connectivity index (χ4v) is 3.24. The summed E-state index contributed by atoms with van der Waals surface area (Å²) in [5.41, 5.74) is 0. The summed E-state index contributed by atoms with van der Waals surface area (Å²) in [6.45, 7) is 2.64. The molecule has 7 heteroatoms. The van der Waals surface area contributed by atoms with Gasteiger partial charge in [-0.2, -0.15) is 0 Å². The Bertz CT molecular complexity index is 522. The second-order valence-corrected chi connectivity index (χ2v) is 7.03. The largest absolute Gasteiger partial charge is 0.479 e. The molecule has 2 rings (SSSR count). The van der Waals surface area contributed by atoms with Crippen molar-refractivity contribution in [1.29, 1.82) is 0 Å². The molecule has 0 aromatic heterocycles. The Morgan fingerprint density at radius 2 is 2.10 bits per heavy atom. The molecule has 1 fully saturated rings. The lowest BCUT2D eigenvalue weighted by Gasteiger charge is -2.32. The highest BCUT2D eigenvalue weighted by molar-refractivity contribution is 9.10. The molecular formula is C14H16BrNO4S. The average molecular weight is 374 g/mol. The molecule has 1 aliphatic rings. The van der Waals surface area contributed by atoms with Gasteiger partial charge in [0.1, 0.15) is 0 Å². The summed E-state index contributed by atoms with van der Waals surface area (Å²) in [5.74, 6) is -1.09. The summed E-state index contributed by atoms with van der Waals surface area (Å²) in [7, 11) is 0. The second kappa shape index (κ2) is 7.29. The molecule has 1 N–H and O–H groups in total. The maximum Gasteiger partial charge on any atom is 0.334 e. The van der Waals surface area contributed by atoms with Crippen molar-refractivity contribution < 1.29 is 19.4 Å². The molecule has 1 amide bonds. The molecule has 2 unspecified atom stereocenters. The minimum Gasteiger partial charge on any atom is -0.479 e. The van der Waals surface area contributed by atoms with Crippen LogP contribution in [0.1, 0.15) is 6.92 Å². The van der Waals surface area contributed by atoms with Gasteiger partial charge < -0.3 is 14.7 Å². The first-order valence-corrected chi connectivity index (χ1v) is 8.20. The van der Waals surface area contributed by atoms with E-state index in [0.29, 0.717) is 6.54 Å². The van der Waals surface area contributed by atoms with Crippen LogP contribution in [-0.4, -0.2) is 52.9 Å². The van der Waals surface area contributed by atoms with E-state index in [1.54, 1.807) is 4.90 Å². The topological polar surface area (TPSA) is 66.8 Å². The molecule has 1 aromatic carbocycles. The molecular weight excluding hydrogens is 358 g/mol. The van der Waals surface area contributed by atoms with Gasteiger partial charge >= 0.3 is 5.97 Å². The molecule has 1 aromatic rings. The molecule has 1 aliphatic heterocycles. The van der Waals surface area contributed by atoms with E-state index >= 15 is 0 Å². The maximum atomic E-state index is 12.4. The first kappa shape index (κ1) is 16.3. The molecule has 0 radical (unpaired) electrons. The molecule has 0 saturated carbocycles. The van der Waals surface area contributed by atoms with E-state index in [1.165, 1.54) is 11.8 Å². The predicted molar refractivity (Wildman–Crippen MR) is 83.4 cm³/mol. The van der Waals surface area contributed by atoms with Crippen LogP contribution in [0.3, 0.4) is 0 Å². The molecule has 114 valence electrons. The van der Waals surface area contributed by atoms with Gasteiger partial charge in [0.05, 0.1) is 18.4 Å². The molecule has 21 heavy (non-hydrogen) atoms. The third kappa shape index (κ3) is 4.46. The summed E-state index contributed by atoms with van der Waals surface area (Å²) in [6, 6.07) is 7.74. The van der Waals surface area contributed by atoms with E-state index < -0.39 is 12.1 Å². The molecule has 0 bridgehead atoms. The quantitative estimate of drug-likeness (QED) is 0.819. The molecule has 2 atom stereocenters. The zero-order chi connectivity index (χ0) is 15.4. The van der Waals surface area contributed by atoms with Gasteiger partial charge in [0.25, 0.3) is 0 Å². The van der Waals surface area contributed by atoms with Crippen LogP contribution in [0.15, 0.2) is 33.6 Å². The number of carboxylic acid groups (broad SMARTS) is 1. The van der Waals surface area contributed by atoms with Gasteiger partial charge in [-0.1, -0.05) is 15.9 Å². The summed E-state index contributed by atoms with van der Waals surface area (Å²) in [4.78, 5) is 25.9. The van der Waals surface area contributed by atoms with E-state index in [9.17, 15) is 9.59 Å². The van der Waals surface area contributed by atoms with Crippen molar-refractivity contribution in [3.63, 3.8) is 0 Å². The number of thioether (sulfide) groups is 1. The van der Waals surface area contributed by atoms with E-state index in [0.717, 1.165) is 9.37 Å². The van der Waals surface area contributed by atoms with Crippen molar-refractivity contribution >= 4 is 39.6 Å². The number of carboxylic acids is 1. The third-order valence-electron chi connectivity index (χ3n) is 3.13. The molecule has 1 saturated heterocycles. The second-order valence-electron chi connectivity index (χ2n) is 4.70. The number of carbonyl (C=O) groups is 2. The Morgan fingerprint density at radius 3 is 2.71 bits per heavy atom. The lowest BCUT2D eigenvalue weighted by molar-refractivity contribution is -0.159. The number of nitrogens with zero attached hydrogens (tertiary/aromatic N) is 1. The monoisotopic (exact) mass is 373 g/mol. The van der Waals surface area contributed by atoms with E-state index in [2.05, 4.69) is 15.9 Å². The predicted octanol–water partition coefficient (Wildman–Crippen LogP) is 2.24. The van der Waals surface area contributed by atoms with Crippen LogP contribution in [0.5, 0.6) is 0 Å². The molecule has 1 heterocycles. The Hall–Kier alpha value is -1.05. The van der Waals surface area contributed by atoms with E-state index in [-0.39, 0.29) is 24.3 Å². The summed E-state index contributed by atoms with van der Waals surface area (Å²) in [5, 5.41) is 8.70. The number of morpholine rings is 1. The first-order chi connectivity index (χ1) is 9.97. The minimum atomic E-state index is -1.03. The Morgan fingerprint density at radius 1 is 1.43 bits per heavy atom. The number of aliphatic carboxylic acids is 1. The van der Waals surface area contributed by atoms with E-state index in [1.807, 2.05) is 31.2 Å². The molecule has 0 aliphatic carbocycles. The zero-order valence-electron chi connectivity index (χ0n) is 11.5. The number of hydrogen-bond acceptors (Lipinski definition) is 4. The number of amides is 1. The van der Waals surface area contributed by atoms with Crippen LogP contribution in [0.25, 0.3) is 0 Å². The van der Waals surface area contributed by atoms with Crippen molar-refractivity contribution in [1.82, 2.24) is 4.90 Å². The summed E-state index contributed by atoms with van der Waals surface area (Å²) < 4.78 is 6.11. The highest BCUT2D eigenvalue weighted by Crippen LogP contribution is 2.26. The van der Waals surface area contributed by atoms with Gasteiger partial charge in [-0.25, -0.2) is 4.79 Å². The van der Waals surface area contributed by atoms with Crippen molar-refractivity contribution in [2.45, 2.75) is 23.2 Å². The van der Waals surface area contributed by atoms with Gasteiger partial charge in [-0.05, 0) is 31.2 Å². The van der Waals surface area contributed by atoms with Crippen LogP contribution < -0.4 is 0 Å². The number of rotatable bonds is 4. The SMILES string of the molecule is CC(Sc1ccc(Br)cc1)C(=O)N1CCOC(C(=O)O)C1. The highest BCUT2D eigenvalue weighted by atomic mass is 79.9. The third-order valence-corrected chi connectivity index (χ3v) is 4.76. The Balaban J connectivity index is 1.95. The first-order valence-electron chi connectivity index (χ1n) is 6.53. The normalized spacial score (nSPS) is 20.1. The zero-order valence-corrected chi connectivity index (χ0v) is 13.9. The van der Waals surface area contributed by atoms with Gasteiger partial charge in [0.15, 0.2) is 6.10 Å². The maximum absolute atomic E-state index is 12.4. The van der Waals surface area contributed by atoms with Crippen molar-refractivity contribution in [2.24, 2.45) is 0 Å². The van der Waals surface area contributed by atoms with Gasteiger partial charge in [0.2, 0.25) is 5.91 Å². The number of benzene rings is 1. The smallest absolute Gasteiger partial charge is 0.334 e. The highest BCUT2D eigenvalue weighted by Gasteiger charge is 2.31. The number of ether oxygens (including phenoxy) is 1. The minimum absolute atomic E-state index is 0.0579. The standard InChI is InChI=1S/C14H16BrNO4S/c1-9(21-11-4-2-10(15)3-5-11)13(17)16-6-7-20-12(8-16)14(18)19/h2-5,9,12H,6-8H2,1H3,(H,18,19). The lowest BCUT2D eigenvalue weighted by Crippen LogP contribution is -2.50. The molecule has 5 nitrogen and oxygen atoms in total. The van der Waals surface area contributed by atoms with Crippen molar-refractivity contribution in [3.8, 4) is 0 Å². The van der Waals surface area contributed by atoms with Crippen LogP contribution in [0.4, 0.5) is 0 Å². The van der Waals surface area contributed by atoms with Gasteiger partial charge in [0, 0.05) is 15.9 Å². The van der Waals surface area contributed by atoms with Crippen molar-refractivity contribution in [2.75, 3.05) is 19.7 Å². The summed E-state index contributed by atoms with van der Waals surface area (Å²) in [6.07, 6.45) is -0.924.